The Kier molecular flexibility index (Phi) is 3.32. The zero-order valence-corrected chi connectivity index (χ0v) is 6.53. The van der Waals surface area contributed by atoms with Gasteiger partial charge in [0.25, 0.3) is 0 Å². The van der Waals surface area contributed by atoms with Crippen molar-refractivity contribution in [3.8, 4) is 0 Å². The van der Waals surface area contributed by atoms with Crippen LogP contribution in [0.4, 0.5) is 0 Å². The Labute approximate surface area is 57.9 Å². The first-order valence-electron chi connectivity index (χ1n) is 2.89. The van der Waals surface area contributed by atoms with E-state index in [0.29, 0.717) is 6.42 Å². The van der Waals surface area contributed by atoms with Crippen LogP contribution in [0.5, 0.6) is 0 Å². The molecular formula is C5H12NO2S-. The molecule has 0 aromatic heterocycles. The number of rotatable bonds is 3. The SMILES string of the molecule is CCCC(C)(N)S(=O)[O-]. The average molecular weight is 150 g/mol. The quantitative estimate of drug-likeness (QED) is 0.590. The number of hydrogen-bond acceptors (Lipinski definition) is 3. The highest BCUT2D eigenvalue weighted by Crippen LogP contribution is 2.10. The molecule has 2 atom stereocenters. The summed E-state index contributed by atoms with van der Waals surface area (Å²) in [5, 5.41) is 0. The number of nitrogens with two attached hydrogens (primary N) is 1. The lowest BCUT2D eigenvalue weighted by atomic mass is 10.2. The van der Waals surface area contributed by atoms with Gasteiger partial charge in [0.15, 0.2) is 0 Å². The summed E-state index contributed by atoms with van der Waals surface area (Å²) >= 11 is -2.15. The van der Waals surface area contributed by atoms with Crippen LogP contribution in [-0.2, 0) is 11.1 Å². The van der Waals surface area contributed by atoms with E-state index in [1.165, 1.54) is 6.92 Å². The molecule has 4 heteroatoms. The Bertz CT molecular complexity index is 114. The average Bonchev–Trinajstić information content (AvgIpc) is 1.65. The van der Waals surface area contributed by atoms with Crippen LogP contribution in [0.15, 0.2) is 0 Å². The van der Waals surface area contributed by atoms with Gasteiger partial charge in [0.1, 0.15) is 0 Å². The Hall–Kier alpha value is 0.0700. The third-order valence-corrected chi connectivity index (χ3v) is 2.09. The fraction of sp³-hybridized carbons (Fsp3) is 1.00. The van der Waals surface area contributed by atoms with E-state index in [2.05, 4.69) is 0 Å². The predicted molar refractivity (Wildman–Crippen MR) is 36.4 cm³/mol. The summed E-state index contributed by atoms with van der Waals surface area (Å²) in [6.07, 6.45) is 1.31. The third kappa shape index (κ3) is 2.93. The Balaban J connectivity index is 3.85. The number of hydrogen-bond donors (Lipinski definition) is 1. The molecule has 2 unspecified atom stereocenters. The summed E-state index contributed by atoms with van der Waals surface area (Å²) in [6.45, 7) is 3.41. The lowest BCUT2D eigenvalue weighted by molar-refractivity contribution is 0.470. The normalized spacial score (nSPS) is 20.9. The molecule has 0 radical (unpaired) electrons. The molecule has 2 N–H and O–H groups in total. The molecule has 0 aromatic carbocycles. The first kappa shape index (κ1) is 9.07. The van der Waals surface area contributed by atoms with Crippen molar-refractivity contribution in [3.05, 3.63) is 0 Å². The van der Waals surface area contributed by atoms with E-state index in [0.717, 1.165) is 6.42 Å². The van der Waals surface area contributed by atoms with E-state index in [1.54, 1.807) is 0 Å². The van der Waals surface area contributed by atoms with Crippen LogP contribution < -0.4 is 5.73 Å². The van der Waals surface area contributed by atoms with Crippen LogP contribution in [0.25, 0.3) is 0 Å². The largest absolute Gasteiger partial charge is 0.771 e. The molecule has 0 saturated carbocycles. The second-order valence-corrected chi connectivity index (χ2v) is 3.70. The summed E-state index contributed by atoms with van der Waals surface area (Å²) in [4.78, 5) is -1.03. The Morgan fingerprint density at radius 3 is 2.33 bits per heavy atom. The summed E-state index contributed by atoms with van der Waals surface area (Å²) in [5.41, 5.74) is 5.36. The van der Waals surface area contributed by atoms with Gasteiger partial charge in [0.2, 0.25) is 0 Å². The fourth-order valence-electron chi connectivity index (χ4n) is 0.580. The molecule has 0 saturated heterocycles. The van der Waals surface area contributed by atoms with Gasteiger partial charge in [-0.3, -0.25) is 4.21 Å². The van der Waals surface area contributed by atoms with Gasteiger partial charge in [-0.05, 0) is 24.4 Å². The first-order chi connectivity index (χ1) is 4.00. The van der Waals surface area contributed by atoms with Crippen molar-refractivity contribution in [2.75, 3.05) is 0 Å². The molecule has 0 aliphatic heterocycles. The van der Waals surface area contributed by atoms with Crippen LogP contribution in [0, 0.1) is 0 Å². The second kappa shape index (κ2) is 3.29. The molecule has 0 aliphatic rings. The Morgan fingerprint density at radius 1 is 1.78 bits per heavy atom. The van der Waals surface area contributed by atoms with Crippen LogP contribution in [0.3, 0.4) is 0 Å². The monoisotopic (exact) mass is 150 g/mol. The summed E-state index contributed by atoms with van der Waals surface area (Å²) in [6, 6.07) is 0. The summed E-state index contributed by atoms with van der Waals surface area (Å²) in [7, 11) is 0. The lowest BCUT2D eigenvalue weighted by Crippen LogP contribution is -2.40. The van der Waals surface area contributed by atoms with Crippen molar-refractivity contribution in [2.45, 2.75) is 31.6 Å². The minimum atomic E-state index is -2.15. The first-order valence-corrected chi connectivity index (χ1v) is 3.96. The van der Waals surface area contributed by atoms with Crippen molar-refractivity contribution >= 4 is 11.1 Å². The second-order valence-electron chi connectivity index (χ2n) is 2.30. The molecule has 0 fully saturated rings. The van der Waals surface area contributed by atoms with E-state index in [9.17, 15) is 8.76 Å². The van der Waals surface area contributed by atoms with Crippen molar-refractivity contribution < 1.29 is 8.76 Å². The van der Waals surface area contributed by atoms with E-state index in [-0.39, 0.29) is 0 Å². The van der Waals surface area contributed by atoms with Gasteiger partial charge in [-0.25, -0.2) is 0 Å². The van der Waals surface area contributed by atoms with Crippen molar-refractivity contribution in [3.63, 3.8) is 0 Å². The third-order valence-electron chi connectivity index (χ3n) is 1.13. The summed E-state index contributed by atoms with van der Waals surface area (Å²) in [5.74, 6) is 0. The molecule has 0 heterocycles. The highest BCUT2D eigenvalue weighted by Gasteiger charge is 2.16. The highest BCUT2D eigenvalue weighted by molar-refractivity contribution is 7.80. The molecule has 56 valence electrons. The van der Waals surface area contributed by atoms with E-state index in [1.807, 2.05) is 6.92 Å². The molecular weight excluding hydrogens is 138 g/mol. The van der Waals surface area contributed by atoms with Crippen molar-refractivity contribution in [1.82, 2.24) is 0 Å². The van der Waals surface area contributed by atoms with E-state index < -0.39 is 16.0 Å². The molecule has 3 nitrogen and oxygen atoms in total. The molecule has 0 amide bonds. The minimum Gasteiger partial charge on any atom is -0.771 e. The minimum absolute atomic E-state index is 0.517. The van der Waals surface area contributed by atoms with Crippen LogP contribution in [0.1, 0.15) is 26.7 Å². The Morgan fingerprint density at radius 2 is 2.22 bits per heavy atom. The highest BCUT2D eigenvalue weighted by atomic mass is 32.2. The standard InChI is InChI=1S/C5H13NO2S/c1-3-4-5(2,6)9(7)8/h3-4,6H2,1-2H3,(H,7,8)/p-1. The smallest absolute Gasteiger partial charge is 0.0759 e. The molecule has 0 spiro atoms. The molecule has 0 bridgehead atoms. The van der Waals surface area contributed by atoms with Gasteiger partial charge < -0.3 is 10.3 Å². The molecule has 0 aromatic rings. The van der Waals surface area contributed by atoms with Gasteiger partial charge in [-0.1, -0.05) is 13.3 Å². The van der Waals surface area contributed by atoms with E-state index >= 15 is 0 Å². The van der Waals surface area contributed by atoms with Crippen LogP contribution in [-0.4, -0.2) is 13.6 Å². The molecule has 0 aliphatic carbocycles. The van der Waals surface area contributed by atoms with E-state index in [4.69, 9.17) is 5.73 Å². The van der Waals surface area contributed by atoms with Crippen LogP contribution in [0.2, 0.25) is 0 Å². The van der Waals surface area contributed by atoms with Crippen molar-refractivity contribution in [1.29, 1.82) is 0 Å². The molecule has 9 heavy (non-hydrogen) atoms. The predicted octanol–water partition coefficient (Wildman–Crippen LogP) is 0.341. The van der Waals surface area contributed by atoms with Gasteiger partial charge in [-0.2, -0.15) is 0 Å². The molecule has 0 rings (SSSR count). The van der Waals surface area contributed by atoms with Crippen LogP contribution >= 0.6 is 0 Å². The van der Waals surface area contributed by atoms with Gasteiger partial charge in [0, 0.05) is 0 Å². The van der Waals surface area contributed by atoms with Crippen molar-refractivity contribution in [2.24, 2.45) is 5.73 Å². The maximum absolute atomic E-state index is 10.3. The summed E-state index contributed by atoms with van der Waals surface area (Å²) < 4.78 is 20.6. The fourth-order valence-corrected chi connectivity index (χ4v) is 0.951. The zero-order valence-electron chi connectivity index (χ0n) is 5.72. The maximum Gasteiger partial charge on any atom is 0.0759 e. The van der Waals surface area contributed by atoms with Gasteiger partial charge in [-0.15, -0.1) is 0 Å². The topological polar surface area (TPSA) is 66.2 Å². The van der Waals surface area contributed by atoms with Gasteiger partial charge in [0.05, 0.1) is 4.87 Å². The lowest BCUT2D eigenvalue weighted by Gasteiger charge is -2.26. The maximum atomic E-state index is 10.3. The van der Waals surface area contributed by atoms with Gasteiger partial charge >= 0.3 is 0 Å². The zero-order chi connectivity index (χ0) is 7.49.